The van der Waals surface area contributed by atoms with E-state index < -0.39 is 18.0 Å². The number of nitrogens with zero attached hydrogens (tertiary/aromatic N) is 2. The summed E-state index contributed by atoms with van der Waals surface area (Å²) in [6.45, 7) is 1.63. The van der Waals surface area contributed by atoms with Gasteiger partial charge in [-0.25, -0.2) is 4.98 Å². The molecule has 1 aromatic carbocycles. The van der Waals surface area contributed by atoms with Gasteiger partial charge in [-0.05, 0) is 37.3 Å². The maximum Gasteiger partial charge on any atom is 0.449 e. The largest absolute Gasteiger partial charge is 0.467 e. The van der Waals surface area contributed by atoms with Gasteiger partial charge in [0.15, 0.2) is 0 Å². The van der Waals surface area contributed by atoms with E-state index in [4.69, 9.17) is 10.2 Å². The first kappa shape index (κ1) is 13.5. The number of imidazole rings is 1. The molecular formula is C14H12F3N3O. The number of hydrogen-bond acceptors (Lipinski definition) is 3. The third kappa shape index (κ3) is 2.24. The fourth-order valence-corrected chi connectivity index (χ4v) is 2.36. The molecule has 0 saturated carbocycles. The van der Waals surface area contributed by atoms with Crippen molar-refractivity contribution in [1.29, 1.82) is 0 Å². The highest BCUT2D eigenvalue weighted by atomic mass is 19.4. The molecule has 3 rings (SSSR count). The van der Waals surface area contributed by atoms with E-state index >= 15 is 0 Å². The molecule has 0 aliphatic carbocycles. The van der Waals surface area contributed by atoms with Gasteiger partial charge in [0.1, 0.15) is 5.76 Å². The Hall–Kier alpha value is -2.44. The summed E-state index contributed by atoms with van der Waals surface area (Å²) in [5, 5.41) is 0. The molecule has 0 aliphatic rings. The van der Waals surface area contributed by atoms with Gasteiger partial charge in [0, 0.05) is 5.69 Å². The second-order valence-electron chi connectivity index (χ2n) is 4.74. The van der Waals surface area contributed by atoms with Crippen molar-refractivity contribution in [2.45, 2.75) is 19.1 Å². The standard InChI is InChI=1S/C14H12F3N3O/c1-8(12-3-2-6-21-12)20-11-5-4-9(18)7-10(11)19-13(20)14(15,16)17/h2-8H,18H2,1H3. The lowest BCUT2D eigenvalue weighted by atomic mass is 10.2. The molecule has 4 nitrogen and oxygen atoms in total. The Morgan fingerprint density at radius 3 is 2.67 bits per heavy atom. The SMILES string of the molecule is CC(c1ccco1)n1c(C(F)(F)F)nc2cc(N)ccc21. The molecule has 1 unspecified atom stereocenters. The van der Waals surface area contributed by atoms with Crippen LogP contribution in [0.2, 0.25) is 0 Å². The van der Waals surface area contributed by atoms with Crippen LogP contribution in [0.25, 0.3) is 11.0 Å². The Morgan fingerprint density at radius 1 is 1.29 bits per heavy atom. The minimum absolute atomic E-state index is 0.209. The summed E-state index contributed by atoms with van der Waals surface area (Å²) in [7, 11) is 0. The Morgan fingerprint density at radius 2 is 2.05 bits per heavy atom. The predicted octanol–water partition coefficient (Wildman–Crippen LogP) is 3.84. The maximum atomic E-state index is 13.2. The smallest absolute Gasteiger partial charge is 0.449 e. The lowest BCUT2D eigenvalue weighted by Gasteiger charge is -2.16. The van der Waals surface area contributed by atoms with E-state index in [9.17, 15) is 13.2 Å². The summed E-state index contributed by atoms with van der Waals surface area (Å²) < 4.78 is 46.1. The second kappa shape index (κ2) is 4.54. The molecule has 21 heavy (non-hydrogen) atoms. The minimum Gasteiger partial charge on any atom is -0.467 e. The molecule has 0 fully saturated rings. The van der Waals surface area contributed by atoms with Crippen molar-refractivity contribution in [2.24, 2.45) is 0 Å². The third-order valence-electron chi connectivity index (χ3n) is 3.31. The highest BCUT2D eigenvalue weighted by molar-refractivity contribution is 5.80. The molecule has 0 amide bonds. The molecule has 7 heteroatoms. The zero-order valence-electron chi connectivity index (χ0n) is 11.1. The maximum absolute atomic E-state index is 13.2. The van der Waals surface area contributed by atoms with E-state index in [2.05, 4.69) is 4.98 Å². The Bertz CT molecular complexity index is 775. The highest BCUT2D eigenvalue weighted by Crippen LogP contribution is 2.36. The van der Waals surface area contributed by atoms with Crippen LogP contribution < -0.4 is 5.73 Å². The molecule has 110 valence electrons. The van der Waals surface area contributed by atoms with Crippen LogP contribution in [-0.2, 0) is 6.18 Å². The van der Waals surface area contributed by atoms with Gasteiger partial charge in [-0.1, -0.05) is 0 Å². The number of nitrogens with two attached hydrogens (primary N) is 1. The molecule has 1 atom stereocenters. The molecule has 0 radical (unpaired) electrons. The predicted molar refractivity (Wildman–Crippen MR) is 71.7 cm³/mol. The summed E-state index contributed by atoms with van der Waals surface area (Å²) in [6, 6.07) is 7.15. The molecule has 2 heterocycles. The van der Waals surface area contributed by atoms with Crippen molar-refractivity contribution in [3.63, 3.8) is 0 Å². The van der Waals surface area contributed by atoms with Crippen molar-refractivity contribution >= 4 is 16.7 Å². The summed E-state index contributed by atoms with van der Waals surface area (Å²) in [5.41, 5.74) is 6.55. The summed E-state index contributed by atoms with van der Waals surface area (Å²) in [5.74, 6) is -0.538. The first-order valence-electron chi connectivity index (χ1n) is 6.26. The minimum atomic E-state index is -4.56. The molecule has 2 aromatic heterocycles. The van der Waals surface area contributed by atoms with E-state index in [1.165, 1.54) is 18.4 Å². The average molecular weight is 295 g/mol. The fraction of sp³-hybridized carbons (Fsp3) is 0.214. The van der Waals surface area contributed by atoms with Gasteiger partial charge in [0.2, 0.25) is 5.82 Å². The number of nitrogen functional groups attached to an aromatic ring is 1. The van der Waals surface area contributed by atoms with Crippen molar-refractivity contribution in [2.75, 3.05) is 5.73 Å². The van der Waals surface area contributed by atoms with Crippen molar-refractivity contribution in [1.82, 2.24) is 9.55 Å². The number of furan rings is 1. The number of aromatic nitrogens is 2. The molecular weight excluding hydrogens is 283 g/mol. The molecule has 2 N–H and O–H groups in total. The van der Waals surface area contributed by atoms with Crippen LogP contribution in [0.4, 0.5) is 18.9 Å². The highest BCUT2D eigenvalue weighted by Gasteiger charge is 2.39. The van der Waals surface area contributed by atoms with Crippen molar-refractivity contribution in [3.05, 3.63) is 48.2 Å². The van der Waals surface area contributed by atoms with Gasteiger partial charge in [0.05, 0.1) is 23.3 Å². The zero-order valence-corrected chi connectivity index (χ0v) is 11.1. The van der Waals surface area contributed by atoms with Gasteiger partial charge in [-0.3, -0.25) is 0 Å². The molecule has 0 bridgehead atoms. The lowest BCUT2D eigenvalue weighted by Crippen LogP contribution is -2.18. The first-order valence-corrected chi connectivity index (χ1v) is 6.26. The van der Waals surface area contributed by atoms with Gasteiger partial charge in [-0.15, -0.1) is 0 Å². The Balaban J connectivity index is 2.28. The number of anilines is 1. The number of halogens is 3. The second-order valence-corrected chi connectivity index (χ2v) is 4.74. The van der Waals surface area contributed by atoms with Crippen molar-refractivity contribution in [3.8, 4) is 0 Å². The monoisotopic (exact) mass is 295 g/mol. The number of fused-ring (bicyclic) bond motifs is 1. The van der Waals surface area contributed by atoms with Gasteiger partial charge in [-0.2, -0.15) is 13.2 Å². The van der Waals surface area contributed by atoms with Crippen LogP contribution in [0.3, 0.4) is 0 Å². The number of benzene rings is 1. The average Bonchev–Trinajstić information content (AvgIpc) is 3.03. The molecule has 0 aliphatic heterocycles. The summed E-state index contributed by atoms with van der Waals surface area (Å²) >= 11 is 0. The molecule has 0 spiro atoms. The Labute approximate surface area is 118 Å². The zero-order chi connectivity index (χ0) is 15.2. The van der Waals surface area contributed by atoms with E-state index in [1.54, 1.807) is 25.1 Å². The van der Waals surface area contributed by atoms with Crippen LogP contribution in [0.1, 0.15) is 24.6 Å². The lowest BCUT2D eigenvalue weighted by molar-refractivity contribution is -0.147. The molecule has 0 saturated heterocycles. The normalized spacial score (nSPS) is 13.7. The van der Waals surface area contributed by atoms with Crippen molar-refractivity contribution < 1.29 is 17.6 Å². The van der Waals surface area contributed by atoms with Crippen LogP contribution in [0.15, 0.2) is 41.0 Å². The molecule has 3 aromatic rings. The van der Waals surface area contributed by atoms with Crippen LogP contribution in [0.5, 0.6) is 0 Å². The third-order valence-corrected chi connectivity index (χ3v) is 3.31. The van der Waals surface area contributed by atoms with Gasteiger partial charge in [0.25, 0.3) is 0 Å². The Kier molecular flexibility index (Phi) is 2.93. The van der Waals surface area contributed by atoms with Crippen LogP contribution in [0, 0.1) is 0 Å². The van der Waals surface area contributed by atoms with E-state index in [-0.39, 0.29) is 5.52 Å². The van der Waals surface area contributed by atoms with Gasteiger partial charge < -0.3 is 14.7 Å². The first-order chi connectivity index (χ1) is 9.88. The number of rotatable bonds is 2. The van der Waals surface area contributed by atoms with Gasteiger partial charge >= 0.3 is 6.18 Å². The van der Waals surface area contributed by atoms with E-state index in [0.29, 0.717) is 17.0 Å². The summed E-state index contributed by atoms with van der Waals surface area (Å²) in [6.07, 6.45) is -3.13. The fourth-order valence-electron chi connectivity index (χ4n) is 2.36. The van der Waals surface area contributed by atoms with Crippen LogP contribution >= 0.6 is 0 Å². The summed E-state index contributed by atoms with van der Waals surface area (Å²) in [4.78, 5) is 3.69. The number of alkyl halides is 3. The quantitative estimate of drug-likeness (QED) is 0.731. The van der Waals surface area contributed by atoms with Crippen LogP contribution in [-0.4, -0.2) is 9.55 Å². The van der Waals surface area contributed by atoms with E-state index in [1.807, 2.05) is 0 Å². The van der Waals surface area contributed by atoms with E-state index in [0.717, 1.165) is 4.57 Å². The topological polar surface area (TPSA) is 57.0 Å². The number of hydrogen-bond donors (Lipinski definition) is 1.